The van der Waals surface area contributed by atoms with Crippen molar-refractivity contribution in [1.29, 1.82) is 0 Å². The minimum Gasteiger partial charge on any atom is -0.492 e. The van der Waals surface area contributed by atoms with E-state index in [1.165, 1.54) is 0 Å². The molecular weight excluding hydrogens is 510 g/mol. The number of guanidine groups is 1. The van der Waals surface area contributed by atoms with Gasteiger partial charge in [-0.25, -0.2) is 9.98 Å². The summed E-state index contributed by atoms with van der Waals surface area (Å²) < 4.78 is 6.55. The number of carbonyl (C=O) groups is 1. The normalized spacial score (nSPS) is 19.0. The molecule has 2 aromatic carbocycles. The molecule has 2 atom stereocenters. The van der Waals surface area contributed by atoms with E-state index >= 15 is 0 Å². The van der Waals surface area contributed by atoms with Crippen LogP contribution in [0.4, 0.5) is 11.8 Å². The quantitative estimate of drug-likeness (QED) is 0.285. The smallest absolute Gasteiger partial charge is 0.261 e. The molecule has 1 aromatic heterocycles. The van der Waals surface area contributed by atoms with E-state index in [-0.39, 0.29) is 29.9 Å². The molecule has 2 unspecified atom stereocenters. The molecular formula is C25H28BrN7O2. The van der Waals surface area contributed by atoms with Crippen molar-refractivity contribution in [2.75, 3.05) is 17.2 Å². The van der Waals surface area contributed by atoms with Crippen LogP contribution in [0.5, 0.6) is 5.75 Å². The van der Waals surface area contributed by atoms with E-state index in [1.807, 2.05) is 31.2 Å². The second-order valence-corrected chi connectivity index (χ2v) is 9.98. The van der Waals surface area contributed by atoms with Gasteiger partial charge in [0.1, 0.15) is 11.6 Å². The number of nitrogens with two attached hydrogens (primary N) is 2. The third-order valence-corrected chi connectivity index (χ3v) is 6.89. The molecule has 1 aliphatic carbocycles. The molecule has 0 spiro atoms. The van der Waals surface area contributed by atoms with E-state index in [0.29, 0.717) is 23.7 Å². The van der Waals surface area contributed by atoms with Gasteiger partial charge in [0.2, 0.25) is 5.95 Å². The number of ether oxygens (including phenoxy) is 1. The van der Waals surface area contributed by atoms with Gasteiger partial charge >= 0.3 is 0 Å². The lowest BCUT2D eigenvalue weighted by Crippen LogP contribution is -2.38. The van der Waals surface area contributed by atoms with Crippen molar-refractivity contribution in [2.24, 2.45) is 16.5 Å². The van der Waals surface area contributed by atoms with Crippen LogP contribution in [-0.4, -0.2) is 40.5 Å². The Morgan fingerprint density at radius 1 is 1.17 bits per heavy atom. The second-order valence-electron chi connectivity index (χ2n) is 9.07. The summed E-state index contributed by atoms with van der Waals surface area (Å²) >= 11 is 3.49. The highest BCUT2D eigenvalue weighted by molar-refractivity contribution is 9.10. The Bertz CT molecular complexity index is 1320. The van der Waals surface area contributed by atoms with E-state index in [2.05, 4.69) is 36.5 Å². The first-order valence-corrected chi connectivity index (χ1v) is 12.6. The Morgan fingerprint density at radius 2 is 2.00 bits per heavy atom. The number of hydrogen-bond donors (Lipinski definition) is 4. The predicted octanol–water partition coefficient (Wildman–Crippen LogP) is 3.88. The minimum atomic E-state index is -0.321. The number of amides is 1. The maximum atomic E-state index is 13.2. The molecule has 0 bridgehead atoms. The summed E-state index contributed by atoms with van der Waals surface area (Å²) in [5.74, 6) is 1.24. The van der Waals surface area contributed by atoms with Gasteiger partial charge in [0.25, 0.3) is 5.91 Å². The maximum absolute atomic E-state index is 13.2. The number of aryl methyl sites for hydroxylation is 1. The molecule has 9 nitrogen and oxygen atoms in total. The molecule has 6 N–H and O–H groups in total. The summed E-state index contributed by atoms with van der Waals surface area (Å²) in [5.41, 5.74) is 14.6. The number of carbonyl (C=O) groups excluding carboxylic acids is 1. The predicted molar refractivity (Wildman–Crippen MR) is 141 cm³/mol. The van der Waals surface area contributed by atoms with Crippen molar-refractivity contribution in [3.8, 4) is 5.75 Å². The molecule has 35 heavy (non-hydrogen) atoms. The highest BCUT2D eigenvalue weighted by atomic mass is 79.9. The number of halogens is 1. The first-order chi connectivity index (χ1) is 16.9. The fourth-order valence-electron chi connectivity index (χ4n) is 4.82. The van der Waals surface area contributed by atoms with Crippen molar-refractivity contribution in [1.82, 2.24) is 9.97 Å². The van der Waals surface area contributed by atoms with E-state index in [4.69, 9.17) is 21.2 Å². The Balaban J connectivity index is 1.49. The summed E-state index contributed by atoms with van der Waals surface area (Å²) in [6.45, 7) is 2.58. The van der Waals surface area contributed by atoms with Crippen LogP contribution in [0.3, 0.4) is 0 Å². The molecule has 2 heterocycles. The van der Waals surface area contributed by atoms with Gasteiger partial charge in [-0.05, 0) is 49.6 Å². The van der Waals surface area contributed by atoms with Crippen LogP contribution in [0.1, 0.15) is 47.2 Å². The number of fused-ring (bicyclic) bond motifs is 2. The largest absolute Gasteiger partial charge is 0.492 e. The van der Waals surface area contributed by atoms with Gasteiger partial charge < -0.3 is 21.5 Å². The lowest BCUT2D eigenvalue weighted by molar-refractivity contribution is 0.102. The average Bonchev–Trinajstić information content (AvgIpc) is 3.28. The van der Waals surface area contributed by atoms with E-state index in [1.54, 1.807) is 6.07 Å². The molecule has 3 aromatic rings. The standard InChI is InChI=1S/C25H28BrN7O2/c1-13-6-7-18-16(10-13)22(29-19-4-2-3-5-20(19)30-24(27)28)32-25(31-18)33-23(34)17-12-15(26)11-14-8-9-35-21(14)17/h6-7,10-12,19-20H,2-5,8-9H2,1H3,(H4,27,28,30)(H2,29,31,32,33,34). The molecule has 0 radical (unpaired) electrons. The van der Waals surface area contributed by atoms with Crippen LogP contribution in [0.15, 0.2) is 39.8 Å². The first-order valence-electron chi connectivity index (χ1n) is 11.8. The zero-order chi connectivity index (χ0) is 24.5. The monoisotopic (exact) mass is 537 g/mol. The van der Waals surface area contributed by atoms with Crippen molar-refractivity contribution in [3.05, 3.63) is 51.5 Å². The number of aliphatic imine (C=N–C) groups is 1. The van der Waals surface area contributed by atoms with Gasteiger partial charge in [-0.1, -0.05) is 40.4 Å². The molecule has 1 fully saturated rings. The van der Waals surface area contributed by atoms with Gasteiger partial charge in [0.15, 0.2) is 5.96 Å². The van der Waals surface area contributed by atoms with Gasteiger partial charge in [0, 0.05) is 16.3 Å². The summed E-state index contributed by atoms with van der Waals surface area (Å²) in [6, 6.07) is 9.68. The lowest BCUT2D eigenvalue weighted by Gasteiger charge is -2.30. The molecule has 2 aliphatic rings. The van der Waals surface area contributed by atoms with Crippen molar-refractivity contribution < 1.29 is 9.53 Å². The summed E-state index contributed by atoms with van der Waals surface area (Å²) in [6.07, 6.45) is 4.74. The molecule has 1 aliphatic heterocycles. The fraction of sp³-hybridized carbons (Fsp3) is 0.360. The topological polar surface area (TPSA) is 141 Å². The van der Waals surface area contributed by atoms with Gasteiger partial charge in [-0.2, -0.15) is 4.98 Å². The van der Waals surface area contributed by atoms with Crippen LogP contribution in [-0.2, 0) is 6.42 Å². The SMILES string of the molecule is Cc1ccc2nc(NC(=O)c3cc(Br)cc4c3OCC4)nc(NC3CCCCC3N=C(N)N)c2c1. The number of nitrogens with one attached hydrogen (secondary N) is 2. The van der Waals surface area contributed by atoms with E-state index in [9.17, 15) is 4.79 Å². The summed E-state index contributed by atoms with van der Waals surface area (Å²) in [4.78, 5) is 27.0. The third kappa shape index (κ3) is 5.02. The van der Waals surface area contributed by atoms with Gasteiger partial charge in [0.05, 0.1) is 29.8 Å². The van der Waals surface area contributed by atoms with E-state index < -0.39 is 0 Å². The minimum absolute atomic E-state index is 0.0229. The van der Waals surface area contributed by atoms with Crippen molar-refractivity contribution >= 4 is 50.5 Å². The Labute approximate surface area is 211 Å². The van der Waals surface area contributed by atoms with Crippen LogP contribution < -0.4 is 26.8 Å². The molecule has 182 valence electrons. The van der Waals surface area contributed by atoms with Crippen molar-refractivity contribution in [3.63, 3.8) is 0 Å². The highest BCUT2D eigenvalue weighted by Crippen LogP contribution is 2.34. The number of rotatable bonds is 5. The molecule has 10 heteroatoms. The summed E-state index contributed by atoms with van der Waals surface area (Å²) in [7, 11) is 0. The summed E-state index contributed by atoms with van der Waals surface area (Å²) in [5, 5.41) is 7.31. The van der Waals surface area contributed by atoms with Crippen LogP contribution >= 0.6 is 15.9 Å². The van der Waals surface area contributed by atoms with Gasteiger partial charge in [-0.3, -0.25) is 10.1 Å². The van der Waals surface area contributed by atoms with Crippen molar-refractivity contribution in [2.45, 2.75) is 51.1 Å². The second kappa shape index (κ2) is 9.69. The van der Waals surface area contributed by atoms with Crippen LogP contribution in [0.2, 0.25) is 0 Å². The van der Waals surface area contributed by atoms with Gasteiger partial charge in [-0.15, -0.1) is 0 Å². The van der Waals surface area contributed by atoms with Crippen LogP contribution in [0, 0.1) is 6.92 Å². The highest BCUT2D eigenvalue weighted by Gasteiger charge is 2.27. The Morgan fingerprint density at radius 3 is 2.83 bits per heavy atom. The zero-order valence-corrected chi connectivity index (χ0v) is 21.1. The van der Waals surface area contributed by atoms with Crippen LogP contribution in [0.25, 0.3) is 10.9 Å². The Kier molecular flexibility index (Phi) is 6.46. The molecule has 1 amide bonds. The molecule has 1 saturated carbocycles. The number of benzene rings is 2. The molecule has 5 rings (SSSR count). The maximum Gasteiger partial charge on any atom is 0.261 e. The molecule has 0 saturated heterocycles. The fourth-order valence-corrected chi connectivity index (χ4v) is 5.32. The average molecular weight is 538 g/mol. The zero-order valence-electron chi connectivity index (χ0n) is 19.5. The number of hydrogen-bond acceptors (Lipinski definition) is 6. The first kappa shape index (κ1) is 23.3. The van der Waals surface area contributed by atoms with E-state index in [0.717, 1.165) is 58.6 Å². The number of anilines is 2. The Hall–Kier alpha value is -3.40. The number of aromatic nitrogens is 2. The third-order valence-electron chi connectivity index (χ3n) is 6.44. The number of nitrogens with zero attached hydrogens (tertiary/aromatic N) is 3. The lowest BCUT2D eigenvalue weighted by atomic mass is 9.90.